The van der Waals surface area contributed by atoms with Gasteiger partial charge in [0.05, 0.1) is 12.2 Å². The molecule has 2 heterocycles. The lowest BCUT2D eigenvalue weighted by Gasteiger charge is -2.15. The third-order valence-electron chi connectivity index (χ3n) is 3.42. The predicted octanol–water partition coefficient (Wildman–Crippen LogP) is 2.43. The van der Waals surface area contributed by atoms with Gasteiger partial charge < -0.3 is 10.6 Å². The first-order valence-corrected chi connectivity index (χ1v) is 6.97. The van der Waals surface area contributed by atoms with Gasteiger partial charge in [-0.05, 0) is 17.5 Å². The first kappa shape index (κ1) is 11.4. The van der Waals surface area contributed by atoms with Crippen molar-refractivity contribution in [1.82, 2.24) is 10.2 Å². The number of benzene rings is 2. The van der Waals surface area contributed by atoms with Crippen molar-refractivity contribution in [2.24, 2.45) is 0 Å². The van der Waals surface area contributed by atoms with Crippen molar-refractivity contribution < 1.29 is 4.79 Å². The number of carbonyl (C=O) groups excluding carboxylic acids is 1. The van der Waals surface area contributed by atoms with E-state index in [0.29, 0.717) is 11.7 Å². The molecule has 0 saturated carbocycles. The van der Waals surface area contributed by atoms with Crippen molar-refractivity contribution in [1.29, 1.82) is 0 Å². The molecule has 2 aromatic carbocycles. The molecule has 0 bridgehead atoms. The van der Waals surface area contributed by atoms with E-state index in [9.17, 15) is 4.79 Å². The minimum absolute atomic E-state index is 0.00516. The van der Waals surface area contributed by atoms with E-state index in [1.54, 1.807) is 4.90 Å². The Morgan fingerprint density at radius 3 is 2.70 bits per heavy atom. The molecule has 6 heteroatoms. The molecule has 0 saturated heterocycles. The second-order valence-electron chi connectivity index (χ2n) is 4.61. The highest BCUT2D eigenvalue weighted by Gasteiger charge is 2.30. The van der Waals surface area contributed by atoms with E-state index in [1.165, 1.54) is 11.3 Å². The van der Waals surface area contributed by atoms with E-state index in [4.69, 9.17) is 5.73 Å². The molecular formula is C14H10N4OS. The summed E-state index contributed by atoms with van der Waals surface area (Å²) in [5, 5.41) is 11.0. The third kappa shape index (κ3) is 1.51. The van der Waals surface area contributed by atoms with Crippen LogP contribution in [0.3, 0.4) is 0 Å². The van der Waals surface area contributed by atoms with Gasteiger partial charge in [0.15, 0.2) is 0 Å². The molecule has 20 heavy (non-hydrogen) atoms. The van der Waals surface area contributed by atoms with Crippen LogP contribution in [0.5, 0.6) is 0 Å². The molecular weight excluding hydrogens is 272 g/mol. The van der Waals surface area contributed by atoms with Crippen LogP contribution in [0.25, 0.3) is 10.8 Å². The number of anilines is 2. The Morgan fingerprint density at radius 2 is 1.95 bits per heavy atom. The lowest BCUT2D eigenvalue weighted by molar-refractivity contribution is 0.0991. The van der Waals surface area contributed by atoms with Gasteiger partial charge in [-0.1, -0.05) is 35.6 Å². The maximum Gasteiger partial charge on any atom is 0.259 e. The van der Waals surface area contributed by atoms with Crippen LogP contribution in [0.4, 0.5) is 10.8 Å². The number of rotatable bonds is 2. The molecule has 1 aliphatic heterocycles. The van der Waals surface area contributed by atoms with Crippen molar-refractivity contribution in [3.05, 3.63) is 47.0 Å². The summed E-state index contributed by atoms with van der Waals surface area (Å²) in [6.45, 7) is 0.404. The smallest absolute Gasteiger partial charge is 0.259 e. The number of nitrogens with two attached hydrogens (primary N) is 1. The maximum atomic E-state index is 12.5. The van der Waals surface area contributed by atoms with Gasteiger partial charge in [0.1, 0.15) is 5.01 Å². The largest absolute Gasteiger partial charge is 0.374 e. The first-order chi connectivity index (χ1) is 9.74. The second-order valence-corrected chi connectivity index (χ2v) is 5.70. The topological polar surface area (TPSA) is 72.1 Å². The molecule has 2 N–H and O–H groups in total. The molecule has 1 aromatic heterocycles. The van der Waals surface area contributed by atoms with Gasteiger partial charge >= 0.3 is 0 Å². The van der Waals surface area contributed by atoms with Crippen LogP contribution in [-0.4, -0.2) is 16.1 Å². The molecule has 0 radical (unpaired) electrons. The molecule has 0 spiro atoms. The molecule has 4 rings (SSSR count). The van der Waals surface area contributed by atoms with Gasteiger partial charge in [-0.2, -0.15) is 0 Å². The zero-order valence-electron chi connectivity index (χ0n) is 10.4. The summed E-state index contributed by atoms with van der Waals surface area (Å²) in [5.41, 5.74) is 7.26. The maximum absolute atomic E-state index is 12.5. The molecule has 1 aliphatic rings. The number of hydrogen-bond donors (Lipinski definition) is 1. The van der Waals surface area contributed by atoms with E-state index in [0.717, 1.165) is 27.0 Å². The highest BCUT2D eigenvalue weighted by atomic mass is 32.1. The quantitative estimate of drug-likeness (QED) is 0.783. The number of hydrogen-bond acceptors (Lipinski definition) is 5. The van der Waals surface area contributed by atoms with Crippen LogP contribution in [0.1, 0.15) is 15.4 Å². The Morgan fingerprint density at radius 1 is 1.15 bits per heavy atom. The summed E-state index contributed by atoms with van der Waals surface area (Å²) < 4.78 is 0. The van der Waals surface area contributed by atoms with Gasteiger partial charge in [-0.3, -0.25) is 4.79 Å². The number of carbonyl (C=O) groups is 1. The van der Waals surface area contributed by atoms with Crippen molar-refractivity contribution >= 4 is 38.8 Å². The minimum atomic E-state index is 0.00516. The van der Waals surface area contributed by atoms with E-state index < -0.39 is 0 Å². The number of aromatic nitrogens is 2. The summed E-state index contributed by atoms with van der Waals surface area (Å²) in [6, 6.07) is 11.7. The summed E-state index contributed by atoms with van der Waals surface area (Å²) in [7, 11) is 0. The van der Waals surface area contributed by atoms with Gasteiger partial charge in [0, 0.05) is 10.9 Å². The fourth-order valence-electron chi connectivity index (χ4n) is 2.60. The van der Waals surface area contributed by atoms with Crippen LogP contribution in [-0.2, 0) is 6.54 Å². The molecule has 0 unspecified atom stereocenters. The van der Waals surface area contributed by atoms with Crippen molar-refractivity contribution in [2.45, 2.75) is 6.54 Å². The zero-order chi connectivity index (χ0) is 13.7. The van der Waals surface area contributed by atoms with Gasteiger partial charge in [-0.15, -0.1) is 10.2 Å². The fraction of sp³-hybridized carbons (Fsp3) is 0.0714. The van der Waals surface area contributed by atoms with Crippen LogP contribution < -0.4 is 10.6 Å². The van der Waals surface area contributed by atoms with Crippen molar-refractivity contribution in [3.63, 3.8) is 0 Å². The summed E-state index contributed by atoms with van der Waals surface area (Å²) in [5.74, 6) is 0.00516. The number of nitrogens with zero attached hydrogens (tertiary/aromatic N) is 3. The second kappa shape index (κ2) is 4.01. The first-order valence-electron chi connectivity index (χ1n) is 6.15. The zero-order valence-corrected chi connectivity index (χ0v) is 11.2. The van der Waals surface area contributed by atoms with E-state index in [1.807, 2.05) is 36.4 Å². The lowest BCUT2D eigenvalue weighted by Crippen LogP contribution is -2.25. The van der Waals surface area contributed by atoms with E-state index >= 15 is 0 Å². The fourth-order valence-corrected chi connectivity index (χ4v) is 3.20. The van der Waals surface area contributed by atoms with Crippen LogP contribution in [0.15, 0.2) is 36.4 Å². The van der Waals surface area contributed by atoms with Crippen LogP contribution in [0, 0.1) is 0 Å². The van der Waals surface area contributed by atoms with E-state index in [-0.39, 0.29) is 5.91 Å². The standard InChI is InChI=1S/C14H10N4OS/c15-14-17-16-11(20-14)7-18-10-6-2-4-8-3-1-5-9(12(8)10)13(18)19/h1-6H,7H2,(H2,15,17). The highest BCUT2D eigenvalue weighted by molar-refractivity contribution is 7.15. The Labute approximate surface area is 118 Å². The molecule has 0 atom stereocenters. The van der Waals surface area contributed by atoms with Crippen molar-refractivity contribution in [2.75, 3.05) is 10.6 Å². The summed E-state index contributed by atoms with van der Waals surface area (Å²) >= 11 is 1.31. The number of amides is 1. The molecule has 5 nitrogen and oxygen atoms in total. The molecule has 0 aliphatic carbocycles. The SMILES string of the molecule is Nc1nnc(CN2C(=O)c3cccc4cccc2c34)s1. The monoisotopic (exact) mass is 282 g/mol. The molecule has 98 valence electrons. The Kier molecular flexibility index (Phi) is 2.28. The molecule has 3 aromatic rings. The Balaban J connectivity index is 1.84. The van der Waals surface area contributed by atoms with Crippen molar-refractivity contribution in [3.8, 4) is 0 Å². The lowest BCUT2D eigenvalue weighted by atomic mass is 10.1. The third-order valence-corrected chi connectivity index (χ3v) is 4.16. The Bertz CT molecular complexity index is 837. The number of nitrogen functional groups attached to an aromatic ring is 1. The predicted molar refractivity (Wildman–Crippen MR) is 78.8 cm³/mol. The summed E-state index contributed by atoms with van der Waals surface area (Å²) in [4.78, 5) is 14.3. The van der Waals surface area contributed by atoms with E-state index in [2.05, 4.69) is 10.2 Å². The Hall–Kier alpha value is -2.47. The summed E-state index contributed by atoms with van der Waals surface area (Å²) in [6.07, 6.45) is 0. The highest BCUT2D eigenvalue weighted by Crippen LogP contribution is 2.38. The van der Waals surface area contributed by atoms with Crippen LogP contribution in [0.2, 0.25) is 0 Å². The van der Waals surface area contributed by atoms with Gasteiger partial charge in [0.25, 0.3) is 5.91 Å². The molecule has 0 fully saturated rings. The normalized spacial score (nSPS) is 13.4. The average molecular weight is 282 g/mol. The van der Waals surface area contributed by atoms with Crippen LogP contribution >= 0.6 is 11.3 Å². The van der Waals surface area contributed by atoms with Gasteiger partial charge in [-0.25, -0.2) is 0 Å². The van der Waals surface area contributed by atoms with Gasteiger partial charge in [0.2, 0.25) is 5.13 Å². The molecule has 1 amide bonds. The minimum Gasteiger partial charge on any atom is -0.374 e. The average Bonchev–Trinajstić information content (AvgIpc) is 2.98.